The van der Waals surface area contributed by atoms with E-state index in [4.69, 9.17) is 15.5 Å². The van der Waals surface area contributed by atoms with E-state index in [0.717, 1.165) is 45.5 Å². The van der Waals surface area contributed by atoms with Crippen molar-refractivity contribution in [3.8, 4) is 0 Å². The molecule has 5 rings (SSSR count). The Morgan fingerprint density at radius 2 is 1.16 bits per heavy atom. The number of carbonyl (C=O) groups excluding carboxylic acids is 4. The number of carbonyl (C=O) groups is 3. The van der Waals surface area contributed by atoms with Crippen molar-refractivity contribution < 1.29 is 31.7 Å². The van der Waals surface area contributed by atoms with Crippen LogP contribution in [0.4, 0.5) is 34.1 Å². The molecule has 3 aromatic carbocycles. The Morgan fingerprint density at radius 3 is 1.61 bits per heavy atom. The second-order valence-corrected chi connectivity index (χ2v) is 14.2. The smallest absolute Gasteiger partial charge is 0.333 e. The largest absolute Gasteiger partial charge is 0.460 e. The maximum Gasteiger partial charge on any atom is 0.333 e. The zero-order valence-electron chi connectivity index (χ0n) is 35.6. The molecule has 0 unspecified atom stereocenters. The number of amides is 1. The van der Waals surface area contributed by atoms with Crippen LogP contribution in [0.3, 0.4) is 0 Å². The molecule has 0 heterocycles. The van der Waals surface area contributed by atoms with Crippen LogP contribution >= 0.6 is 23.0 Å². The molecule has 0 atom stereocenters. The minimum absolute atomic E-state index is 0.0981. The van der Waals surface area contributed by atoms with E-state index in [9.17, 15) is 19.2 Å². The Bertz CT molecular complexity index is 2140. The molecule has 2 aliphatic rings. The second kappa shape index (κ2) is 29.5. The number of rotatable bonds is 14. The van der Waals surface area contributed by atoms with Gasteiger partial charge in [-0.15, -0.1) is 0 Å². The van der Waals surface area contributed by atoms with Crippen LogP contribution < -0.4 is 21.7 Å². The van der Waals surface area contributed by atoms with Crippen molar-refractivity contribution in [3.05, 3.63) is 146 Å². The van der Waals surface area contributed by atoms with E-state index in [0.29, 0.717) is 23.6 Å². The van der Waals surface area contributed by atoms with Gasteiger partial charge in [-0.25, -0.2) is 29.4 Å². The van der Waals surface area contributed by atoms with Crippen molar-refractivity contribution in [3.63, 3.8) is 0 Å². The molecule has 3 aromatic rings. The Kier molecular flexibility index (Phi) is 24.5. The summed E-state index contributed by atoms with van der Waals surface area (Å²) in [5, 5.41) is 9.46. The molecule has 0 saturated heterocycles. The van der Waals surface area contributed by atoms with Crippen LogP contribution in [0.1, 0.15) is 27.7 Å². The highest BCUT2D eigenvalue weighted by atomic mass is 127. The van der Waals surface area contributed by atoms with Crippen molar-refractivity contribution in [1.82, 2.24) is 5.32 Å². The summed E-state index contributed by atoms with van der Waals surface area (Å²) in [6.07, 6.45) is 18.0. The molecule has 0 aromatic heterocycles. The lowest BCUT2D eigenvalue weighted by Crippen LogP contribution is -2.25. The number of hydrogen-bond acceptors (Lipinski definition) is 13. The van der Waals surface area contributed by atoms with E-state index in [2.05, 4.69) is 102 Å². The predicted octanol–water partition coefficient (Wildman–Crippen LogP) is 9.19. The molecule has 5 N–H and O–H groups in total. The second-order valence-electron chi connectivity index (χ2n) is 13.3. The normalized spacial score (nSPS) is 14.0. The number of nitrogen functional groups attached to an aromatic ring is 1. The maximum absolute atomic E-state index is 10.8. The van der Waals surface area contributed by atoms with Gasteiger partial charge in [0.2, 0.25) is 12.0 Å². The summed E-state index contributed by atoms with van der Waals surface area (Å²) >= 11 is 1.79. The summed E-state index contributed by atoms with van der Waals surface area (Å²) in [5.41, 5.74) is 13.8. The Labute approximate surface area is 377 Å². The number of esters is 2. The summed E-state index contributed by atoms with van der Waals surface area (Å²) in [7, 11) is 1.61. The number of benzene rings is 3. The molecule has 326 valence electrons. The highest BCUT2D eigenvalue weighted by molar-refractivity contribution is 14.1. The summed E-state index contributed by atoms with van der Waals surface area (Å²) in [6.45, 7) is 14.3. The number of nitrogens with two attached hydrogens (primary N) is 1. The monoisotopic (exact) mass is 955 g/mol. The number of isocyanates is 1. The van der Waals surface area contributed by atoms with Gasteiger partial charge in [0.05, 0.1) is 41.9 Å². The maximum atomic E-state index is 10.8. The lowest BCUT2D eigenvalue weighted by molar-refractivity contribution is -0.139. The fourth-order valence-corrected chi connectivity index (χ4v) is 4.74. The first-order chi connectivity index (χ1) is 29.7. The van der Waals surface area contributed by atoms with Gasteiger partial charge in [-0.3, -0.25) is 4.79 Å². The number of ether oxygens (including phenoxy) is 2. The summed E-state index contributed by atoms with van der Waals surface area (Å²) in [6, 6.07) is 24.2. The van der Waals surface area contributed by atoms with Gasteiger partial charge < -0.3 is 34.2 Å². The van der Waals surface area contributed by atoms with E-state index in [1.165, 1.54) is 13.0 Å². The van der Waals surface area contributed by atoms with Gasteiger partial charge >= 0.3 is 11.9 Å². The molecule has 0 aliphatic heterocycles. The first-order valence-corrected chi connectivity index (χ1v) is 20.2. The molecule has 0 bridgehead atoms. The Hall–Kier alpha value is -6.68. The molecule has 15 heteroatoms. The minimum Gasteiger partial charge on any atom is -0.460 e. The third-order valence-electron chi connectivity index (χ3n) is 7.78. The van der Waals surface area contributed by atoms with Crippen molar-refractivity contribution in [2.24, 2.45) is 20.9 Å². The van der Waals surface area contributed by atoms with E-state index in [1.807, 2.05) is 72.8 Å². The molecular formula is C47H54IN7O7. The van der Waals surface area contributed by atoms with Gasteiger partial charge in [-0.05, 0) is 117 Å². The average molecular weight is 956 g/mol. The van der Waals surface area contributed by atoms with E-state index in [1.54, 1.807) is 44.0 Å². The Balaban J connectivity index is 0.000000418. The average Bonchev–Trinajstić information content (AvgIpc) is 3.25. The van der Waals surface area contributed by atoms with Crippen LogP contribution in [0, 0.1) is 5.92 Å². The van der Waals surface area contributed by atoms with Crippen molar-refractivity contribution in [2.75, 3.05) is 49.8 Å². The third-order valence-corrected chi connectivity index (χ3v) is 7.78. The van der Waals surface area contributed by atoms with Crippen LogP contribution in [-0.4, -0.2) is 74.8 Å². The molecule has 1 amide bonds. The van der Waals surface area contributed by atoms with E-state index in [-0.39, 0.29) is 31.7 Å². The quantitative estimate of drug-likeness (QED) is 0.0139. The zero-order valence-corrected chi connectivity index (χ0v) is 37.8. The van der Waals surface area contributed by atoms with E-state index < -0.39 is 11.9 Å². The predicted molar refractivity (Wildman–Crippen MR) is 259 cm³/mol. The molecule has 62 heavy (non-hydrogen) atoms. The molecule has 14 nitrogen and oxygen atoms in total. The number of hydrogen-bond donors (Lipinski definition) is 4. The van der Waals surface area contributed by atoms with Crippen LogP contribution in [0.15, 0.2) is 161 Å². The summed E-state index contributed by atoms with van der Waals surface area (Å²) in [4.78, 5) is 53.8. The highest BCUT2D eigenvalue weighted by Crippen LogP contribution is 2.23. The van der Waals surface area contributed by atoms with Gasteiger partial charge in [-0.1, -0.05) is 44.4 Å². The molecule has 0 radical (unpaired) electrons. The number of halogens is 1. The zero-order chi connectivity index (χ0) is 45.7. The fraction of sp³-hybridized carbons (Fsp3) is 0.234. The van der Waals surface area contributed by atoms with Gasteiger partial charge in [0.25, 0.3) is 0 Å². The number of nitrogens with zero attached hydrogens (tertiary/aromatic N) is 3. The molecule has 0 saturated carbocycles. The SMILES string of the molecule is C=C(C)C(=O)OCCN=C=O.C=C(C)C(=O)OCCNC(C)=O.CC1C=CC(Nc2ccc(Nc3ccc(N=C4C=CC(=Nc5ccc(N)cc5)C=C4)cc3)cc2)C=C1.COI. The number of nitrogens with one attached hydrogen (secondary N) is 3. The standard InChI is InChI=1S/C31H29N5.C8H13NO3.C7H9NO3.CH3IO/c1-22-2-6-24(7-3-22)33-26-10-14-28(15-11-26)35-30-18-20-31(21-19-30)36-29-16-12-27(13-17-29)34-25-8-4-23(32)5-9-25;1-6(2)8(11)12-5-4-9-7(3)10;1-6(2)7(10)11-4-3-8-5-9;1-3-2/h2-22,24,33,35H,32H2,1H3;1,4-5H2,2-3H3,(H,9,10);1,3-4H2,2H3;1H3. The van der Waals surface area contributed by atoms with Crippen molar-refractivity contribution in [2.45, 2.75) is 33.7 Å². The first-order valence-electron chi connectivity index (χ1n) is 19.3. The fourth-order valence-electron chi connectivity index (χ4n) is 4.74. The number of aliphatic imine (C=N–C) groups is 3. The van der Waals surface area contributed by atoms with Gasteiger partial charge in [-0.2, -0.15) is 0 Å². The molecule has 0 spiro atoms. The number of anilines is 4. The van der Waals surface area contributed by atoms with Crippen LogP contribution in [0.25, 0.3) is 0 Å². The minimum atomic E-state index is -0.467. The highest BCUT2D eigenvalue weighted by Gasteiger charge is 2.07. The van der Waals surface area contributed by atoms with Crippen LogP contribution in [0.2, 0.25) is 0 Å². The lowest BCUT2D eigenvalue weighted by atomic mass is 10.0. The summed E-state index contributed by atoms with van der Waals surface area (Å²) in [5.74, 6) is -0.524. The third kappa shape index (κ3) is 22.6. The van der Waals surface area contributed by atoms with Gasteiger partial charge in [0.15, 0.2) is 0 Å². The van der Waals surface area contributed by atoms with Gasteiger partial charge in [0.1, 0.15) is 36.2 Å². The van der Waals surface area contributed by atoms with Crippen molar-refractivity contribution in [1.29, 1.82) is 0 Å². The summed E-state index contributed by atoms with van der Waals surface area (Å²) < 4.78 is 13.5. The number of allylic oxidation sites excluding steroid dienone is 6. The topological polar surface area (TPSA) is 195 Å². The van der Waals surface area contributed by atoms with E-state index >= 15 is 0 Å². The molecule has 2 aliphatic carbocycles. The van der Waals surface area contributed by atoms with Gasteiger partial charge in [0, 0.05) is 47.9 Å². The van der Waals surface area contributed by atoms with Crippen LogP contribution in [-0.2, 0) is 31.7 Å². The first kappa shape index (κ1) is 51.5. The van der Waals surface area contributed by atoms with Crippen molar-refractivity contribution >= 4 is 92.5 Å². The Morgan fingerprint density at radius 1 is 0.726 bits per heavy atom. The van der Waals surface area contributed by atoms with Crippen LogP contribution in [0.5, 0.6) is 0 Å². The molecular weight excluding hydrogens is 901 g/mol. The lowest BCUT2D eigenvalue weighted by Gasteiger charge is -2.17. The molecule has 0 fully saturated rings.